The Morgan fingerprint density at radius 2 is 0.439 bits per heavy atom. The summed E-state index contributed by atoms with van der Waals surface area (Å²) in [5.41, 5.74) is 39.8. The smallest absolute Gasteiger partial charge is 0.0713 e. The first kappa shape index (κ1) is 78.3. The van der Waals surface area contributed by atoms with Crippen LogP contribution in [0.25, 0.3) is 133 Å². The molecule has 132 heavy (non-hydrogen) atoms. The van der Waals surface area contributed by atoms with Gasteiger partial charge in [-0.15, -0.1) is 0 Å². The normalized spacial score (nSPS) is 12.5. The summed E-state index contributed by atoms with van der Waals surface area (Å²) in [7, 11) is 0. The third-order valence-corrected chi connectivity index (χ3v) is 27.3. The van der Waals surface area contributed by atoms with Crippen molar-refractivity contribution in [3.8, 4) is 89.3 Å². The predicted octanol–water partition coefficient (Wildman–Crippen LogP) is 33.6. The van der Waals surface area contributed by atoms with E-state index in [0.717, 1.165) is 67.8 Å². The molecule has 25 rings (SSSR count). The fourth-order valence-electron chi connectivity index (χ4n) is 21.6. The summed E-state index contributed by atoms with van der Waals surface area (Å²) in [6.07, 6.45) is 0. The van der Waals surface area contributed by atoms with E-state index in [4.69, 9.17) is 0 Å². The van der Waals surface area contributed by atoms with Crippen LogP contribution in [0.4, 0.5) is 34.1 Å². The van der Waals surface area contributed by atoms with Crippen molar-refractivity contribution >= 4 is 77.7 Å². The van der Waals surface area contributed by atoms with Crippen LogP contribution >= 0.6 is 0 Å². The van der Waals surface area contributed by atoms with E-state index >= 15 is 0 Å². The Hall–Kier alpha value is -17.2. The molecular weight excluding hydrogens is 1590 g/mol. The minimum Gasteiger partial charge on any atom is -0.310 e. The SMILES string of the molecule is c1ccc(-c2ccc(-n3c4ccccc4c4ccc(-c5cccc(-c6ccccc6N(c6ccccc6)c6ccc7c(c6)-c6ccccc6C7(c6ccccc6)c6ccccc6)c5)cc43)cc2)cc1.c1ccc(N(c2ccc3c(c2)-c2ccccc2C3(c2ccccc2)c2ccccc2)c2ccccc2-c2cccc(-c3ccc4c5ccccc5n(-c5ccccc5)c4c3)c2)cc1. The summed E-state index contributed by atoms with van der Waals surface area (Å²) in [6, 6.07) is 195. The summed E-state index contributed by atoms with van der Waals surface area (Å²) in [6.45, 7) is 0. The monoisotopic (exact) mass is 1680 g/mol. The van der Waals surface area contributed by atoms with E-state index in [-0.39, 0.29) is 0 Å². The summed E-state index contributed by atoms with van der Waals surface area (Å²) < 4.78 is 4.81. The molecule has 0 spiro atoms. The third kappa shape index (κ3) is 13.2. The largest absolute Gasteiger partial charge is 0.310 e. The van der Waals surface area contributed by atoms with Gasteiger partial charge in [0.05, 0.1) is 44.3 Å². The van der Waals surface area contributed by atoms with E-state index in [1.165, 1.54) is 144 Å². The topological polar surface area (TPSA) is 16.3 Å². The molecule has 0 bridgehead atoms. The number of benzene rings is 21. The van der Waals surface area contributed by atoms with Crippen LogP contribution in [-0.2, 0) is 10.8 Å². The number of anilines is 6. The number of fused-ring (bicyclic) bond motifs is 12. The van der Waals surface area contributed by atoms with Gasteiger partial charge in [0.2, 0.25) is 0 Å². The van der Waals surface area contributed by atoms with Gasteiger partial charge in [-0.1, -0.05) is 413 Å². The van der Waals surface area contributed by atoms with Crippen LogP contribution in [0.5, 0.6) is 0 Å². The maximum absolute atomic E-state index is 2.43. The lowest BCUT2D eigenvalue weighted by Gasteiger charge is -2.34. The second-order valence-electron chi connectivity index (χ2n) is 34.5. The molecule has 0 amide bonds. The summed E-state index contributed by atoms with van der Waals surface area (Å²) >= 11 is 0. The predicted molar refractivity (Wildman–Crippen MR) is 553 cm³/mol. The average molecular weight is 1680 g/mol. The zero-order valence-corrected chi connectivity index (χ0v) is 72.6. The van der Waals surface area contributed by atoms with Crippen LogP contribution < -0.4 is 9.80 Å². The van der Waals surface area contributed by atoms with Crippen LogP contribution in [0.1, 0.15) is 44.5 Å². The summed E-state index contributed by atoms with van der Waals surface area (Å²) in [5.74, 6) is 0. The lowest BCUT2D eigenvalue weighted by molar-refractivity contribution is 0.768. The molecule has 23 aromatic rings. The maximum atomic E-state index is 2.43. The minimum atomic E-state index is -0.465. The molecule has 0 radical (unpaired) electrons. The van der Waals surface area contributed by atoms with Crippen LogP contribution in [0.2, 0.25) is 0 Å². The molecule has 2 aliphatic rings. The summed E-state index contributed by atoms with van der Waals surface area (Å²) in [4.78, 5) is 4.86. The molecule has 4 heteroatoms. The number of rotatable bonds is 17. The van der Waals surface area contributed by atoms with Gasteiger partial charge < -0.3 is 18.9 Å². The Kier molecular flexibility index (Phi) is 19.7. The average Bonchev–Trinajstić information content (AvgIpc) is 1.54. The minimum absolute atomic E-state index is 0.457. The molecule has 620 valence electrons. The van der Waals surface area contributed by atoms with Crippen molar-refractivity contribution in [3.63, 3.8) is 0 Å². The van der Waals surface area contributed by atoms with Crippen molar-refractivity contribution in [2.24, 2.45) is 0 Å². The Balaban J connectivity index is 0.000000146. The fourth-order valence-corrected chi connectivity index (χ4v) is 21.6. The highest BCUT2D eigenvalue weighted by molar-refractivity contribution is 6.12. The second kappa shape index (κ2) is 33.2. The Morgan fingerprint density at radius 3 is 0.856 bits per heavy atom. The third-order valence-electron chi connectivity index (χ3n) is 27.3. The van der Waals surface area contributed by atoms with Gasteiger partial charge in [-0.3, -0.25) is 0 Å². The van der Waals surface area contributed by atoms with Crippen molar-refractivity contribution in [2.75, 3.05) is 9.80 Å². The highest BCUT2D eigenvalue weighted by Crippen LogP contribution is 2.60. The van der Waals surface area contributed by atoms with Gasteiger partial charge >= 0.3 is 0 Å². The Bertz CT molecular complexity index is 8150. The molecule has 0 aliphatic heterocycles. The van der Waals surface area contributed by atoms with E-state index < -0.39 is 10.8 Å². The zero-order valence-electron chi connectivity index (χ0n) is 72.6. The quantitative estimate of drug-likeness (QED) is 0.0903. The van der Waals surface area contributed by atoms with Crippen molar-refractivity contribution in [3.05, 3.63) is 578 Å². The molecule has 2 aromatic heterocycles. The highest BCUT2D eigenvalue weighted by atomic mass is 15.2. The molecule has 0 saturated heterocycles. The molecule has 0 fully saturated rings. The van der Waals surface area contributed by atoms with E-state index in [1.54, 1.807) is 0 Å². The number of para-hydroxylation sites is 7. The van der Waals surface area contributed by atoms with Gasteiger partial charge in [0.25, 0.3) is 0 Å². The van der Waals surface area contributed by atoms with Crippen molar-refractivity contribution in [2.45, 2.75) is 10.8 Å². The molecule has 4 nitrogen and oxygen atoms in total. The number of hydrogen-bond acceptors (Lipinski definition) is 2. The Labute approximate surface area is 769 Å². The Morgan fingerprint density at radius 1 is 0.152 bits per heavy atom. The van der Waals surface area contributed by atoms with Crippen LogP contribution in [0, 0.1) is 0 Å². The fraction of sp³-hybridized carbons (Fsp3) is 0.0156. The van der Waals surface area contributed by atoms with Gasteiger partial charge in [0, 0.05) is 66.8 Å². The van der Waals surface area contributed by atoms with Crippen LogP contribution in [0.15, 0.2) is 534 Å². The van der Waals surface area contributed by atoms with Gasteiger partial charge in [-0.2, -0.15) is 0 Å². The first-order chi connectivity index (χ1) is 65.5. The van der Waals surface area contributed by atoms with Gasteiger partial charge in [-0.25, -0.2) is 0 Å². The first-order valence-corrected chi connectivity index (χ1v) is 45.6. The standard InChI is InChI=1S/C67H46N2.C61H42N2/c1-5-20-47(21-6-1)48-36-39-55(40-37-48)69-65-35-18-15-32-59(65)60-42-38-50(45-66(60)69)49-22-19-23-51(44-49)57-30-14-17-34-64(57)68(54-28-11-4-12-29-54)56-41-43-63-61(46-56)58-31-13-16-33-62(58)67(63,52-24-7-2-8-25-52)53-26-9-3-10-27-53;1-5-22-46(23-6-1)61(47-24-7-2-8-25-47)56-33-16-13-31-52(56)55-42-50(37-39-57(55)61)62(48-26-9-3-10-27-48)58-34-17-14-30-51(58)45-21-19-20-43(40-45)44-36-38-54-53-32-15-18-35-59(53)63(60(54)41-44)49-28-11-4-12-29-49/h1-46H;1-42H. The van der Waals surface area contributed by atoms with E-state index in [1.807, 2.05) is 0 Å². The highest BCUT2D eigenvalue weighted by Gasteiger charge is 2.48. The summed E-state index contributed by atoms with van der Waals surface area (Å²) in [5, 5.41) is 4.99. The van der Waals surface area contributed by atoms with Gasteiger partial charge in [0.15, 0.2) is 0 Å². The number of hydrogen-bond donors (Lipinski definition) is 0. The second-order valence-corrected chi connectivity index (χ2v) is 34.5. The molecule has 21 aromatic carbocycles. The van der Waals surface area contributed by atoms with Crippen molar-refractivity contribution < 1.29 is 0 Å². The first-order valence-electron chi connectivity index (χ1n) is 45.6. The van der Waals surface area contributed by atoms with E-state index in [0.29, 0.717) is 0 Å². The van der Waals surface area contributed by atoms with E-state index in [9.17, 15) is 0 Å². The van der Waals surface area contributed by atoms with Crippen LogP contribution in [-0.4, -0.2) is 9.13 Å². The maximum Gasteiger partial charge on any atom is 0.0713 e. The number of aromatic nitrogens is 2. The van der Waals surface area contributed by atoms with Gasteiger partial charge in [-0.05, 0) is 233 Å². The molecule has 0 saturated carbocycles. The molecule has 2 heterocycles. The van der Waals surface area contributed by atoms with E-state index in [2.05, 4.69) is 553 Å². The molecular formula is C128H88N4. The number of nitrogens with zero attached hydrogens (tertiary/aromatic N) is 4. The van der Waals surface area contributed by atoms with Gasteiger partial charge in [0.1, 0.15) is 0 Å². The van der Waals surface area contributed by atoms with Crippen molar-refractivity contribution in [1.82, 2.24) is 9.13 Å². The molecule has 0 N–H and O–H groups in total. The lowest BCUT2D eigenvalue weighted by atomic mass is 9.68. The van der Waals surface area contributed by atoms with Crippen LogP contribution in [0.3, 0.4) is 0 Å². The molecule has 2 aliphatic carbocycles. The molecule has 0 atom stereocenters. The van der Waals surface area contributed by atoms with Crippen molar-refractivity contribution in [1.29, 1.82) is 0 Å². The lowest BCUT2D eigenvalue weighted by Crippen LogP contribution is -2.28. The zero-order chi connectivity index (χ0) is 87.5. The molecule has 0 unspecified atom stereocenters.